The average molecular weight is 399 g/mol. The van der Waals surface area contributed by atoms with Crippen LogP contribution in [0.3, 0.4) is 0 Å². The lowest BCUT2D eigenvalue weighted by atomic mass is 9.93. The van der Waals surface area contributed by atoms with Gasteiger partial charge in [-0.25, -0.2) is 4.99 Å². The molecule has 1 N–H and O–H groups in total. The van der Waals surface area contributed by atoms with Gasteiger partial charge in [0.25, 0.3) is 0 Å². The van der Waals surface area contributed by atoms with Crippen LogP contribution in [0.2, 0.25) is 5.02 Å². The van der Waals surface area contributed by atoms with Crippen molar-refractivity contribution in [3.63, 3.8) is 0 Å². The molecule has 6 heteroatoms. The van der Waals surface area contributed by atoms with Gasteiger partial charge in [-0.15, -0.1) is 0 Å². The Morgan fingerprint density at radius 1 is 1.14 bits per heavy atom. The SMILES string of the molecule is N#CC1C=C(N2CCC(C(O)N3CC[C@H](c4ccc(Cl)cc4)C3)CC2)N=CC1. The predicted octanol–water partition coefficient (Wildman–Crippen LogP) is 3.62. The normalized spacial score (nSPS) is 27.5. The van der Waals surface area contributed by atoms with E-state index in [1.807, 2.05) is 24.4 Å². The first-order valence-corrected chi connectivity index (χ1v) is 10.6. The van der Waals surface area contributed by atoms with Gasteiger partial charge in [0.2, 0.25) is 0 Å². The monoisotopic (exact) mass is 398 g/mol. The van der Waals surface area contributed by atoms with Crippen molar-refractivity contribution < 1.29 is 5.11 Å². The number of allylic oxidation sites excluding steroid dienone is 1. The summed E-state index contributed by atoms with van der Waals surface area (Å²) in [6.07, 6.45) is 7.14. The fourth-order valence-corrected chi connectivity index (χ4v) is 4.71. The average Bonchev–Trinajstić information content (AvgIpc) is 3.24. The first-order valence-electron chi connectivity index (χ1n) is 10.2. The summed E-state index contributed by atoms with van der Waals surface area (Å²) in [5.74, 6) is 1.62. The van der Waals surface area contributed by atoms with Crippen molar-refractivity contribution in [1.82, 2.24) is 9.80 Å². The molecule has 0 aromatic heterocycles. The molecule has 0 bridgehead atoms. The second kappa shape index (κ2) is 8.65. The van der Waals surface area contributed by atoms with Crippen LogP contribution >= 0.6 is 11.6 Å². The van der Waals surface area contributed by atoms with Crippen molar-refractivity contribution in [2.24, 2.45) is 16.8 Å². The molecule has 2 saturated heterocycles. The second-order valence-electron chi connectivity index (χ2n) is 8.08. The van der Waals surface area contributed by atoms with Gasteiger partial charge >= 0.3 is 0 Å². The minimum Gasteiger partial charge on any atom is -0.378 e. The number of benzene rings is 1. The van der Waals surface area contributed by atoms with Crippen molar-refractivity contribution in [3.8, 4) is 6.07 Å². The van der Waals surface area contributed by atoms with E-state index in [-0.39, 0.29) is 12.1 Å². The number of aliphatic hydroxyl groups is 1. The molecule has 3 aliphatic heterocycles. The fraction of sp³-hybridized carbons (Fsp3) is 0.545. The lowest BCUT2D eigenvalue weighted by molar-refractivity contribution is -0.0444. The third-order valence-electron chi connectivity index (χ3n) is 6.32. The number of halogens is 1. The van der Waals surface area contributed by atoms with E-state index in [1.54, 1.807) is 0 Å². The van der Waals surface area contributed by atoms with Crippen molar-refractivity contribution in [1.29, 1.82) is 5.26 Å². The second-order valence-corrected chi connectivity index (χ2v) is 8.51. The van der Waals surface area contributed by atoms with Gasteiger partial charge in [0, 0.05) is 49.8 Å². The van der Waals surface area contributed by atoms with Gasteiger partial charge < -0.3 is 10.0 Å². The molecule has 0 amide bonds. The number of nitrogens with zero attached hydrogens (tertiary/aromatic N) is 4. The molecule has 0 radical (unpaired) electrons. The molecule has 0 aliphatic carbocycles. The summed E-state index contributed by atoms with van der Waals surface area (Å²) in [4.78, 5) is 8.97. The van der Waals surface area contributed by atoms with E-state index in [1.165, 1.54) is 5.56 Å². The Balaban J connectivity index is 1.30. The van der Waals surface area contributed by atoms with Gasteiger partial charge in [0.05, 0.1) is 12.0 Å². The standard InChI is InChI=1S/C22H27ClN4O/c23-20-3-1-17(2-4-20)19-8-12-27(15-19)22(28)18-6-10-26(11-7-18)21-13-16(14-24)5-9-25-21/h1-4,9,13,16,18-19,22,28H,5-8,10-12,15H2/t16?,19-,22?/m0/s1. The molecule has 0 saturated carbocycles. The van der Waals surface area contributed by atoms with Crippen molar-refractivity contribution in [3.05, 3.63) is 46.7 Å². The number of rotatable bonds is 4. The topological polar surface area (TPSA) is 62.9 Å². The number of nitriles is 1. The highest BCUT2D eigenvalue weighted by molar-refractivity contribution is 6.30. The molecule has 1 aromatic rings. The zero-order valence-electron chi connectivity index (χ0n) is 16.0. The highest BCUT2D eigenvalue weighted by Gasteiger charge is 2.34. The van der Waals surface area contributed by atoms with Gasteiger partial charge in [0.15, 0.2) is 0 Å². The molecule has 4 rings (SSSR count). The van der Waals surface area contributed by atoms with Crippen LogP contribution in [-0.2, 0) is 0 Å². The first kappa shape index (κ1) is 19.4. The summed E-state index contributed by atoms with van der Waals surface area (Å²) in [6, 6.07) is 10.4. The van der Waals surface area contributed by atoms with Crippen molar-refractivity contribution >= 4 is 17.8 Å². The van der Waals surface area contributed by atoms with Gasteiger partial charge in [-0.3, -0.25) is 4.90 Å². The number of piperidine rings is 1. The Bertz CT molecular complexity index is 777. The van der Waals surface area contributed by atoms with Crippen LogP contribution in [0.4, 0.5) is 0 Å². The smallest absolute Gasteiger partial charge is 0.125 e. The Labute approximate surface area is 171 Å². The number of hydrogen-bond acceptors (Lipinski definition) is 5. The number of likely N-dealkylation sites (tertiary alicyclic amines) is 2. The van der Waals surface area contributed by atoms with Crippen LogP contribution < -0.4 is 0 Å². The number of aliphatic imine (C=N–C) groups is 1. The summed E-state index contributed by atoms with van der Waals surface area (Å²) in [7, 11) is 0. The van der Waals surface area contributed by atoms with Crippen LogP contribution in [0, 0.1) is 23.2 Å². The summed E-state index contributed by atoms with van der Waals surface area (Å²) in [5, 5.41) is 20.9. The van der Waals surface area contributed by atoms with Crippen LogP contribution in [-0.4, -0.2) is 53.5 Å². The highest BCUT2D eigenvalue weighted by atomic mass is 35.5. The quantitative estimate of drug-likeness (QED) is 0.841. The number of hydrogen-bond donors (Lipinski definition) is 1. The molecule has 5 nitrogen and oxygen atoms in total. The van der Waals surface area contributed by atoms with Crippen LogP contribution in [0.25, 0.3) is 0 Å². The molecule has 1 aromatic carbocycles. The van der Waals surface area contributed by atoms with E-state index in [4.69, 9.17) is 16.9 Å². The van der Waals surface area contributed by atoms with Gasteiger partial charge in [0.1, 0.15) is 12.0 Å². The Hall–Kier alpha value is -1.87. The van der Waals surface area contributed by atoms with E-state index in [0.29, 0.717) is 18.3 Å². The highest BCUT2D eigenvalue weighted by Crippen LogP contribution is 2.33. The lowest BCUT2D eigenvalue weighted by Crippen LogP contribution is -2.44. The minimum absolute atomic E-state index is 0.0646. The van der Waals surface area contributed by atoms with E-state index in [2.05, 4.69) is 33.0 Å². The molecule has 28 heavy (non-hydrogen) atoms. The molecule has 148 valence electrons. The summed E-state index contributed by atoms with van der Waals surface area (Å²) in [5.41, 5.74) is 1.31. The van der Waals surface area contributed by atoms with E-state index < -0.39 is 0 Å². The predicted molar refractivity (Wildman–Crippen MR) is 111 cm³/mol. The van der Waals surface area contributed by atoms with E-state index in [0.717, 1.165) is 56.3 Å². The van der Waals surface area contributed by atoms with E-state index >= 15 is 0 Å². The van der Waals surface area contributed by atoms with Crippen LogP contribution in [0.15, 0.2) is 41.2 Å². The molecular weight excluding hydrogens is 372 g/mol. The van der Waals surface area contributed by atoms with Gasteiger partial charge in [-0.1, -0.05) is 23.7 Å². The minimum atomic E-state index is -0.379. The molecule has 2 fully saturated rings. The maximum absolute atomic E-state index is 11.0. The lowest BCUT2D eigenvalue weighted by Gasteiger charge is -2.38. The number of aliphatic hydroxyl groups excluding tert-OH is 1. The van der Waals surface area contributed by atoms with Crippen molar-refractivity contribution in [2.75, 3.05) is 26.2 Å². The van der Waals surface area contributed by atoms with E-state index in [9.17, 15) is 5.11 Å². The molecule has 0 spiro atoms. The maximum atomic E-state index is 11.0. The Morgan fingerprint density at radius 3 is 2.61 bits per heavy atom. The summed E-state index contributed by atoms with van der Waals surface area (Å²) < 4.78 is 0. The van der Waals surface area contributed by atoms with Gasteiger partial charge in [-0.05, 0) is 49.0 Å². The fourth-order valence-electron chi connectivity index (χ4n) is 4.59. The first-order chi connectivity index (χ1) is 13.6. The van der Waals surface area contributed by atoms with Gasteiger partial charge in [-0.2, -0.15) is 5.26 Å². The Kier molecular flexibility index (Phi) is 6.01. The van der Waals surface area contributed by atoms with Crippen molar-refractivity contribution in [2.45, 2.75) is 37.8 Å². The molecule has 3 atom stereocenters. The third-order valence-corrected chi connectivity index (χ3v) is 6.57. The molecule has 3 heterocycles. The molecular formula is C22H27ClN4O. The third kappa shape index (κ3) is 4.25. The summed E-state index contributed by atoms with van der Waals surface area (Å²) in [6.45, 7) is 3.62. The molecule has 2 unspecified atom stereocenters. The summed E-state index contributed by atoms with van der Waals surface area (Å²) >= 11 is 6.00. The Morgan fingerprint density at radius 2 is 1.89 bits per heavy atom. The molecule has 3 aliphatic rings. The zero-order chi connectivity index (χ0) is 19.5. The van der Waals surface area contributed by atoms with Crippen LogP contribution in [0.1, 0.15) is 37.2 Å². The zero-order valence-corrected chi connectivity index (χ0v) is 16.8. The van der Waals surface area contributed by atoms with Crippen LogP contribution in [0.5, 0.6) is 0 Å². The largest absolute Gasteiger partial charge is 0.378 e. The maximum Gasteiger partial charge on any atom is 0.125 e.